The Bertz CT molecular complexity index is 608. The third kappa shape index (κ3) is 2.66. The third-order valence-electron chi connectivity index (χ3n) is 3.90. The van der Waals surface area contributed by atoms with Crippen molar-refractivity contribution in [3.8, 4) is 0 Å². The number of aromatic nitrogens is 5. The minimum Gasteiger partial charge on any atom is -0.333 e. The molecule has 5 nitrogen and oxygen atoms in total. The summed E-state index contributed by atoms with van der Waals surface area (Å²) in [4.78, 5) is 8.90. The van der Waals surface area contributed by atoms with Gasteiger partial charge in [0.25, 0.3) is 0 Å². The predicted molar refractivity (Wildman–Crippen MR) is 77.5 cm³/mol. The highest BCUT2D eigenvalue weighted by Gasteiger charge is 2.17. The Kier molecular flexibility index (Phi) is 3.67. The molecule has 0 aliphatic heterocycles. The van der Waals surface area contributed by atoms with Gasteiger partial charge in [-0.3, -0.25) is 0 Å². The van der Waals surface area contributed by atoms with Crippen molar-refractivity contribution in [2.75, 3.05) is 0 Å². The Morgan fingerprint density at radius 1 is 1.25 bits per heavy atom. The third-order valence-corrected chi connectivity index (χ3v) is 3.90. The quantitative estimate of drug-likeness (QED) is 0.803. The van der Waals surface area contributed by atoms with Crippen molar-refractivity contribution in [3.63, 3.8) is 0 Å². The average molecular weight is 271 g/mol. The molecule has 0 fully saturated rings. The van der Waals surface area contributed by atoms with E-state index in [0.717, 1.165) is 31.2 Å². The lowest BCUT2D eigenvalue weighted by Gasteiger charge is -2.19. The van der Waals surface area contributed by atoms with Crippen molar-refractivity contribution >= 4 is 0 Å². The molecule has 2 heterocycles. The summed E-state index contributed by atoms with van der Waals surface area (Å²) in [5, 5.41) is 4.41. The Morgan fingerprint density at radius 3 is 2.85 bits per heavy atom. The lowest BCUT2D eigenvalue weighted by molar-refractivity contribution is 0.480. The molecule has 0 aromatic carbocycles. The van der Waals surface area contributed by atoms with E-state index in [9.17, 15) is 0 Å². The first-order valence-corrected chi connectivity index (χ1v) is 7.28. The first-order valence-electron chi connectivity index (χ1n) is 7.28. The highest BCUT2D eigenvalue weighted by atomic mass is 15.3. The Balaban J connectivity index is 1.70. The molecule has 0 saturated carbocycles. The van der Waals surface area contributed by atoms with Crippen LogP contribution in [0.1, 0.15) is 42.7 Å². The van der Waals surface area contributed by atoms with Gasteiger partial charge in [0, 0.05) is 24.9 Å². The molecular weight excluding hydrogens is 250 g/mol. The smallest absolute Gasteiger partial charge is 0.147 e. The first kappa shape index (κ1) is 13.1. The van der Waals surface area contributed by atoms with Crippen molar-refractivity contribution in [1.82, 2.24) is 24.3 Å². The summed E-state index contributed by atoms with van der Waals surface area (Å²) in [5.74, 6) is 3.59. The molecule has 0 saturated heterocycles. The second-order valence-electron chi connectivity index (χ2n) is 5.39. The van der Waals surface area contributed by atoms with Crippen molar-refractivity contribution in [1.29, 1.82) is 0 Å². The Hall–Kier alpha value is -1.91. The molecule has 0 amide bonds. The molecule has 0 radical (unpaired) electrons. The predicted octanol–water partition coefficient (Wildman–Crippen LogP) is 2.62. The van der Waals surface area contributed by atoms with E-state index in [0.29, 0.717) is 5.92 Å². The Morgan fingerprint density at radius 2 is 2.15 bits per heavy atom. The molecule has 2 aromatic heterocycles. The number of rotatable bonds is 4. The SMILES string of the molecule is Cc1nc(C)n(CCn2ccnc2[C@H]2CC=CCC2)n1. The first-order chi connectivity index (χ1) is 9.74. The van der Waals surface area contributed by atoms with Crippen LogP contribution in [0.25, 0.3) is 0 Å². The van der Waals surface area contributed by atoms with E-state index in [1.54, 1.807) is 0 Å². The number of allylic oxidation sites excluding steroid dienone is 2. The summed E-state index contributed by atoms with van der Waals surface area (Å²) in [6, 6.07) is 0. The van der Waals surface area contributed by atoms with Crippen molar-refractivity contribution in [2.45, 2.75) is 52.1 Å². The van der Waals surface area contributed by atoms with Crippen LogP contribution in [0.15, 0.2) is 24.5 Å². The molecule has 0 unspecified atom stereocenters. The maximum Gasteiger partial charge on any atom is 0.147 e. The van der Waals surface area contributed by atoms with Gasteiger partial charge in [-0.25, -0.2) is 14.6 Å². The Labute approximate surface area is 119 Å². The largest absolute Gasteiger partial charge is 0.333 e. The standard InChI is InChI=1S/C15H21N5/c1-12-17-13(2)20(18-12)11-10-19-9-8-16-15(19)14-6-4-3-5-7-14/h3-4,8-9,14H,5-7,10-11H2,1-2H3/t14-/m0/s1. The maximum atomic E-state index is 4.56. The molecule has 0 bridgehead atoms. The zero-order valence-electron chi connectivity index (χ0n) is 12.2. The van der Waals surface area contributed by atoms with Gasteiger partial charge in [-0.2, -0.15) is 5.10 Å². The summed E-state index contributed by atoms with van der Waals surface area (Å²) < 4.78 is 4.24. The van der Waals surface area contributed by atoms with Gasteiger partial charge in [-0.15, -0.1) is 0 Å². The monoisotopic (exact) mass is 271 g/mol. The summed E-state index contributed by atoms with van der Waals surface area (Å²) in [5.41, 5.74) is 0. The van der Waals surface area contributed by atoms with Crippen LogP contribution in [0.5, 0.6) is 0 Å². The van der Waals surface area contributed by atoms with E-state index in [2.05, 4.69) is 38.0 Å². The van der Waals surface area contributed by atoms with Crippen LogP contribution in [0.4, 0.5) is 0 Å². The highest BCUT2D eigenvalue weighted by Crippen LogP contribution is 2.27. The van der Waals surface area contributed by atoms with Crippen LogP contribution in [-0.4, -0.2) is 24.3 Å². The van der Waals surface area contributed by atoms with Crippen molar-refractivity contribution < 1.29 is 0 Å². The van der Waals surface area contributed by atoms with Gasteiger partial charge in [0.2, 0.25) is 0 Å². The second-order valence-corrected chi connectivity index (χ2v) is 5.39. The van der Waals surface area contributed by atoms with Gasteiger partial charge in [0.1, 0.15) is 17.5 Å². The van der Waals surface area contributed by atoms with Gasteiger partial charge in [0.05, 0.1) is 6.54 Å². The van der Waals surface area contributed by atoms with Crippen molar-refractivity contribution in [2.24, 2.45) is 0 Å². The van der Waals surface area contributed by atoms with E-state index < -0.39 is 0 Å². The van der Waals surface area contributed by atoms with Gasteiger partial charge in [-0.05, 0) is 33.1 Å². The topological polar surface area (TPSA) is 48.5 Å². The summed E-state index contributed by atoms with van der Waals surface area (Å²) >= 11 is 0. The summed E-state index contributed by atoms with van der Waals surface area (Å²) in [7, 11) is 0. The summed E-state index contributed by atoms with van der Waals surface area (Å²) in [6.07, 6.45) is 12.0. The van der Waals surface area contributed by atoms with Gasteiger partial charge in [0.15, 0.2) is 0 Å². The summed E-state index contributed by atoms with van der Waals surface area (Å²) in [6.45, 7) is 5.68. The van der Waals surface area contributed by atoms with E-state index in [4.69, 9.17) is 0 Å². The molecule has 5 heteroatoms. The molecular formula is C15H21N5. The maximum absolute atomic E-state index is 4.56. The van der Waals surface area contributed by atoms with Crippen molar-refractivity contribution in [3.05, 3.63) is 42.0 Å². The van der Waals surface area contributed by atoms with Gasteiger partial charge in [-0.1, -0.05) is 12.2 Å². The van der Waals surface area contributed by atoms with Gasteiger partial charge < -0.3 is 4.57 Å². The zero-order chi connectivity index (χ0) is 13.9. The number of hydrogen-bond donors (Lipinski definition) is 0. The fourth-order valence-corrected chi connectivity index (χ4v) is 2.87. The lowest BCUT2D eigenvalue weighted by atomic mass is 9.94. The lowest BCUT2D eigenvalue weighted by Crippen LogP contribution is -2.15. The molecule has 20 heavy (non-hydrogen) atoms. The fourth-order valence-electron chi connectivity index (χ4n) is 2.87. The number of nitrogens with zero attached hydrogens (tertiary/aromatic N) is 5. The molecule has 106 valence electrons. The van der Waals surface area contributed by atoms with E-state index in [1.807, 2.05) is 24.7 Å². The fraction of sp³-hybridized carbons (Fsp3) is 0.533. The van der Waals surface area contributed by atoms with Crippen LogP contribution < -0.4 is 0 Å². The second kappa shape index (κ2) is 5.61. The number of imidazole rings is 1. The zero-order valence-corrected chi connectivity index (χ0v) is 12.2. The highest BCUT2D eigenvalue weighted by molar-refractivity contribution is 5.07. The molecule has 1 atom stereocenters. The molecule has 1 aliphatic rings. The van der Waals surface area contributed by atoms with E-state index >= 15 is 0 Å². The van der Waals surface area contributed by atoms with Crippen LogP contribution in [0.2, 0.25) is 0 Å². The van der Waals surface area contributed by atoms with E-state index in [1.165, 1.54) is 18.7 Å². The minimum atomic E-state index is 0.563. The molecule has 0 N–H and O–H groups in total. The van der Waals surface area contributed by atoms with Crippen LogP contribution in [0.3, 0.4) is 0 Å². The average Bonchev–Trinajstić information content (AvgIpc) is 3.04. The van der Waals surface area contributed by atoms with Crippen LogP contribution in [-0.2, 0) is 13.1 Å². The number of aryl methyl sites for hydroxylation is 4. The molecule has 3 rings (SSSR count). The van der Waals surface area contributed by atoms with E-state index in [-0.39, 0.29) is 0 Å². The molecule has 0 spiro atoms. The van der Waals surface area contributed by atoms with Crippen LogP contribution in [0, 0.1) is 13.8 Å². The number of hydrogen-bond acceptors (Lipinski definition) is 3. The molecule has 1 aliphatic carbocycles. The normalized spacial score (nSPS) is 18.6. The van der Waals surface area contributed by atoms with Crippen LogP contribution >= 0.6 is 0 Å². The van der Waals surface area contributed by atoms with Gasteiger partial charge >= 0.3 is 0 Å². The molecule has 2 aromatic rings. The minimum absolute atomic E-state index is 0.563.